The van der Waals surface area contributed by atoms with Crippen LogP contribution < -0.4 is 0 Å². The van der Waals surface area contributed by atoms with Crippen LogP contribution >= 0.6 is 8.19 Å². The number of hydrogen-bond donors (Lipinski definition) is 0. The van der Waals surface area contributed by atoms with Gasteiger partial charge in [0.2, 0.25) is 0 Å². The first-order valence-corrected chi connectivity index (χ1v) is 2.57. The third-order valence-electron chi connectivity index (χ3n) is 0.442. The van der Waals surface area contributed by atoms with Gasteiger partial charge in [-0.3, -0.25) is 8.19 Å². The van der Waals surface area contributed by atoms with Crippen molar-refractivity contribution < 1.29 is 26.2 Å². The Bertz CT molecular complexity index is 64.0. The van der Waals surface area contributed by atoms with Gasteiger partial charge in [-0.15, -0.1) is 0 Å². The van der Waals surface area contributed by atoms with Crippen LogP contribution in [-0.4, -0.2) is 0 Å². The minimum atomic E-state index is 0. The fourth-order valence-electron chi connectivity index (χ4n) is 0.241. The monoisotopic (exact) mass is 173 g/mol. The SMILES string of the molecule is [Zr].[c-]1ccc[pH]1. The molecule has 1 rings (SSSR count). The zero-order valence-corrected chi connectivity index (χ0v) is 6.69. The third kappa shape index (κ3) is 1.95. The molecule has 1 unspecified atom stereocenters. The van der Waals surface area contributed by atoms with Crippen molar-refractivity contribution in [2.24, 2.45) is 0 Å². The maximum absolute atomic E-state index is 3.01. The molecule has 0 amide bonds. The third-order valence-corrected chi connectivity index (χ3v) is 1.13. The Kier molecular flexibility index (Phi) is 4.26. The molecule has 0 aromatic carbocycles. The predicted octanol–water partition coefficient (Wildman–Crippen LogP) is 1.52. The fourth-order valence-corrected chi connectivity index (χ4v) is 0.722. The summed E-state index contributed by atoms with van der Waals surface area (Å²) in [6.07, 6.45) is 0. The van der Waals surface area contributed by atoms with Gasteiger partial charge in [-0.1, -0.05) is 0 Å². The molecule has 1 aromatic heterocycles. The minimum absolute atomic E-state index is 0. The fraction of sp³-hybridized carbons (Fsp3) is 0. The van der Waals surface area contributed by atoms with Crippen LogP contribution in [0.2, 0.25) is 0 Å². The van der Waals surface area contributed by atoms with Crippen LogP contribution in [0, 0.1) is 5.80 Å². The van der Waals surface area contributed by atoms with Gasteiger partial charge in [0.1, 0.15) is 0 Å². The van der Waals surface area contributed by atoms with Gasteiger partial charge in [-0.05, 0) is 0 Å². The maximum atomic E-state index is 3.01. The number of hydrogen-bond acceptors (Lipinski definition) is 0. The summed E-state index contributed by atoms with van der Waals surface area (Å²) in [6, 6.07) is 3.96. The van der Waals surface area contributed by atoms with E-state index in [0.29, 0.717) is 0 Å². The van der Waals surface area contributed by atoms with Crippen molar-refractivity contribution in [3.63, 3.8) is 0 Å². The van der Waals surface area contributed by atoms with E-state index in [9.17, 15) is 0 Å². The summed E-state index contributed by atoms with van der Waals surface area (Å²) in [6.45, 7) is 0. The van der Waals surface area contributed by atoms with Crippen LogP contribution in [0.3, 0.4) is 0 Å². The molecule has 0 saturated carbocycles. The van der Waals surface area contributed by atoms with Crippen molar-refractivity contribution in [2.45, 2.75) is 0 Å². The summed E-state index contributed by atoms with van der Waals surface area (Å²) < 4.78 is 0. The van der Waals surface area contributed by atoms with E-state index in [0.717, 1.165) is 8.19 Å². The van der Waals surface area contributed by atoms with Crippen LogP contribution in [0.15, 0.2) is 17.9 Å². The second kappa shape index (κ2) is 3.84. The van der Waals surface area contributed by atoms with Crippen molar-refractivity contribution in [3.8, 4) is 0 Å². The van der Waals surface area contributed by atoms with E-state index in [1.807, 2.05) is 12.1 Å². The second-order valence-corrected chi connectivity index (χ2v) is 1.73. The van der Waals surface area contributed by atoms with Gasteiger partial charge in [0.25, 0.3) is 0 Å². The molecule has 0 fully saturated rings. The zero-order chi connectivity index (χ0) is 3.54. The normalized spacial score (nSPS) is 8.00. The van der Waals surface area contributed by atoms with Gasteiger partial charge in [0.15, 0.2) is 0 Å². The van der Waals surface area contributed by atoms with Crippen LogP contribution in [0.25, 0.3) is 0 Å². The molecule has 0 bridgehead atoms. The molecule has 0 nitrogen and oxygen atoms in total. The van der Waals surface area contributed by atoms with E-state index in [4.69, 9.17) is 0 Å². The summed E-state index contributed by atoms with van der Waals surface area (Å²) >= 11 is 0. The second-order valence-electron chi connectivity index (χ2n) is 0.814. The van der Waals surface area contributed by atoms with Crippen molar-refractivity contribution in [1.82, 2.24) is 0 Å². The molecular weight excluding hydrogens is 170 g/mol. The Hall–Kier alpha value is 0.663. The van der Waals surface area contributed by atoms with E-state index in [1.165, 1.54) is 0 Å². The van der Waals surface area contributed by atoms with E-state index in [2.05, 4.69) is 11.6 Å². The molecule has 30 valence electrons. The molecule has 2 heteroatoms. The summed E-state index contributed by atoms with van der Waals surface area (Å²) in [4.78, 5) is 0. The molecule has 6 heavy (non-hydrogen) atoms. The molecule has 1 atom stereocenters. The first kappa shape index (κ1) is 6.66. The van der Waals surface area contributed by atoms with E-state index < -0.39 is 0 Å². The zero-order valence-electron chi connectivity index (χ0n) is 3.23. The average molecular weight is 174 g/mol. The molecule has 0 saturated heterocycles. The Morgan fingerprint density at radius 1 is 1.50 bits per heavy atom. The van der Waals surface area contributed by atoms with Crippen molar-refractivity contribution in [3.05, 3.63) is 23.7 Å². The largest absolute Gasteiger partial charge is 0.271 e. The predicted molar refractivity (Wildman–Crippen MR) is 24.8 cm³/mol. The Morgan fingerprint density at radius 3 is 2.50 bits per heavy atom. The van der Waals surface area contributed by atoms with Gasteiger partial charge >= 0.3 is 0 Å². The van der Waals surface area contributed by atoms with E-state index in [1.54, 1.807) is 0 Å². The van der Waals surface area contributed by atoms with E-state index >= 15 is 0 Å². The topological polar surface area (TPSA) is 0 Å². The van der Waals surface area contributed by atoms with Crippen molar-refractivity contribution in [1.29, 1.82) is 0 Å². The maximum Gasteiger partial charge on any atom is 0 e. The molecule has 0 radical (unpaired) electrons. The summed E-state index contributed by atoms with van der Waals surface area (Å²) in [5.41, 5.74) is 0. The first-order valence-electron chi connectivity index (χ1n) is 1.49. The average Bonchev–Trinajstić information content (AvgIpc) is 1.76. The smallest absolute Gasteiger partial charge is 0 e. The Labute approximate surface area is 58.2 Å². The van der Waals surface area contributed by atoms with Gasteiger partial charge in [-0.25, -0.2) is 6.07 Å². The standard InChI is InChI=1S/C4H4P.Zr/c1-2-4-5-3-1;/h1-3,5H;/q-1;. The van der Waals surface area contributed by atoms with Gasteiger partial charge in [-0.2, -0.15) is 17.7 Å². The quantitative estimate of drug-likeness (QED) is 0.523. The summed E-state index contributed by atoms with van der Waals surface area (Å²) in [5.74, 6) is 5.11. The molecule has 0 N–H and O–H groups in total. The van der Waals surface area contributed by atoms with Crippen LogP contribution in [0.5, 0.6) is 0 Å². The molecule has 0 aliphatic carbocycles. The Balaban J connectivity index is 0.000000250. The summed E-state index contributed by atoms with van der Waals surface area (Å²) in [7, 11) is 0.823. The van der Waals surface area contributed by atoms with Crippen molar-refractivity contribution in [2.75, 3.05) is 0 Å². The Morgan fingerprint density at radius 2 is 2.33 bits per heavy atom. The molecule has 1 heterocycles. The summed E-state index contributed by atoms with van der Waals surface area (Å²) in [5, 5.41) is 0. The van der Waals surface area contributed by atoms with Crippen LogP contribution in [0.1, 0.15) is 0 Å². The van der Waals surface area contributed by atoms with Crippen LogP contribution in [-0.2, 0) is 26.2 Å². The minimum Gasteiger partial charge on any atom is -0.271 e. The number of rotatable bonds is 0. The first-order chi connectivity index (χ1) is 2.50. The van der Waals surface area contributed by atoms with E-state index in [-0.39, 0.29) is 26.2 Å². The van der Waals surface area contributed by atoms with Gasteiger partial charge in [0.05, 0.1) is 0 Å². The molecule has 0 aliphatic rings. The van der Waals surface area contributed by atoms with Gasteiger partial charge in [0, 0.05) is 26.2 Å². The van der Waals surface area contributed by atoms with Crippen LogP contribution in [0.4, 0.5) is 0 Å². The van der Waals surface area contributed by atoms with Crippen molar-refractivity contribution >= 4 is 8.19 Å². The molecule has 0 aliphatic heterocycles. The molecule has 1 aromatic rings. The molecule has 0 spiro atoms. The van der Waals surface area contributed by atoms with Gasteiger partial charge < -0.3 is 0 Å². The molecular formula is C4H4PZr-.